The number of likely N-dealkylation sites (N-methyl/N-ethyl adjacent to an activating group) is 1. The molecule has 2 N–H and O–H groups in total. The lowest BCUT2D eigenvalue weighted by Crippen LogP contribution is -2.44. The van der Waals surface area contributed by atoms with Gasteiger partial charge < -0.3 is 15.4 Å². The Labute approximate surface area is 85.4 Å². The van der Waals surface area contributed by atoms with E-state index >= 15 is 0 Å². The summed E-state index contributed by atoms with van der Waals surface area (Å²) >= 11 is 0. The Morgan fingerprint density at radius 1 is 1.64 bits per heavy atom. The first-order chi connectivity index (χ1) is 6.72. The Morgan fingerprint density at radius 2 is 2.29 bits per heavy atom. The van der Waals surface area contributed by atoms with Gasteiger partial charge in [0.15, 0.2) is 0 Å². The summed E-state index contributed by atoms with van der Waals surface area (Å²) in [6.45, 7) is 3.87. The Hall–Kier alpha value is -0.610. The molecule has 1 fully saturated rings. The van der Waals surface area contributed by atoms with Gasteiger partial charge in [-0.2, -0.15) is 0 Å². The number of rotatable bonds is 6. The average molecular weight is 200 g/mol. The second-order valence-corrected chi connectivity index (χ2v) is 3.78. The number of hydrogen-bond acceptors (Lipinski definition) is 3. The monoisotopic (exact) mass is 200 g/mol. The van der Waals surface area contributed by atoms with Crippen LogP contribution >= 0.6 is 0 Å². The normalized spacial score (nSPS) is 17.9. The van der Waals surface area contributed by atoms with Crippen molar-refractivity contribution in [3.8, 4) is 0 Å². The molecule has 0 aliphatic heterocycles. The highest BCUT2D eigenvalue weighted by Gasteiger charge is 2.28. The minimum Gasteiger partial charge on any atom is -0.370 e. The second kappa shape index (κ2) is 5.32. The first kappa shape index (κ1) is 11.5. The van der Waals surface area contributed by atoms with Crippen LogP contribution in [0, 0.1) is 5.92 Å². The van der Waals surface area contributed by atoms with Gasteiger partial charge in [-0.25, -0.2) is 0 Å². The van der Waals surface area contributed by atoms with E-state index in [9.17, 15) is 4.79 Å². The molecule has 0 saturated heterocycles. The van der Waals surface area contributed by atoms with E-state index < -0.39 is 6.10 Å². The molecule has 0 heterocycles. The van der Waals surface area contributed by atoms with E-state index in [-0.39, 0.29) is 12.5 Å². The summed E-state index contributed by atoms with van der Waals surface area (Å²) in [7, 11) is 1.53. The van der Waals surface area contributed by atoms with Gasteiger partial charge in [0.25, 0.3) is 5.91 Å². The van der Waals surface area contributed by atoms with Crippen LogP contribution in [0.2, 0.25) is 0 Å². The van der Waals surface area contributed by atoms with Crippen molar-refractivity contribution in [3.63, 3.8) is 0 Å². The first-order valence-electron chi connectivity index (χ1n) is 5.24. The minimum absolute atomic E-state index is 0.0319. The fourth-order valence-electron chi connectivity index (χ4n) is 1.49. The third kappa shape index (κ3) is 2.96. The summed E-state index contributed by atoms with van der Waals surface area (Å²) in [4.78, 5) is 13.7. The van der Waals surface area contributed by atoms with Crippen LogP contribution in [-0.2, 0) is 9.53 Å². The van der Waals surface area contributed by atoms with Crippen LogP contribution in [-0.4, -0.2) is 43.7 Å². The molecule has 1 saturated carbocycles. The summed E-state index contributed by atoms with van der Waals surface area (Å²) in [6.07, 6.45) is 2.04. The number of methoxy groups -OCH3 is 1. The Bertz CT molecular complexity index is 189. The van der Waals surface area contributed by atoms with Crippen molar-refractivity contribution < 1.29 is 9.53 Å². The molecule has 1 aliphatic carbocycles. The highest BCUT2D eigenvalue weighted by atomic mass is 16.5. The number of carbonyl (C=O) groups excluding carboxylic acids is 1. The smallest absolute Gasteiger partial charge is 0.253 e. The number of ether oxygens (including phenoxy) is 1. The second-order valence-electron chi connectivity index (χ2n) is 3.78. The average Bonchev–Trinajstić information content (AvgIpc) is 2.99. The molecule has 82 valence electrons. The van der Waals surface area contributed by atoms with Crippen LogP contribution in [0.5, 0.6) is 0 Å². The van der Waals surface area contributed by atoms with Crippen LogP contribution in [0.4, 0.5) is 0 Å². The lowest BCUT2D eigenvalue weighted by Gasteiger charge is -2.24. The highest BCUT2D eigenvalue weighted by molar-refractivity contribution is 5.81. The largest absolute Gasteiger partial charge is 0.370 e. The minimum atomic E-state index is -0.464. The molecule has 14 heavy (non-hydrogen) atoms. The van der Waals surface area contributed by atoms with Gasteiger partial charge in [0.05, 0.1) is 0 Å². The van der Waals surface area contributed by atoms with Gasteiger partial charge >= 0.3 is 0 Å². The molecule has 1 amide bonds. The lowest BCUT2D eigenvalue weighted by atomic mass is 10.2. The number of nitrogens with zero attached hydrogens (tertiary/aromatic N) is 1. The molecular weight excluding hydrogens is 180 g/mol. The van der Waals surface area contributed by atoms with Gasteiger partial charge in [0, 0.05) is 26.7 Å². The molecule has 0 radical (unpaired) electrons. The van der Waals surface area contributed by atoms with Crippen molar-refractivity contribution in [1.82, 2.24) is 4.90 Å². The summed E-state index contributed by atoms with van der Waals surface area (Å²) in [5.74, 6) is 0.749. The van der Waals surface area contributed by atoms with E-state index in [1.54, 1.807) is 0 Å². The maximum absolute atomic E-state index is 11.8. The zero-order valence-corrected chi connectivity index (χ0v) is 9.03. The van der Waals surface area contributed by atoms with Crippen molar-refractivity contribution in [2.45, 2.75) is 25.9 Å². The van der Waals surface area contributed by atoms with Crippen molar-refractivity contribution in [2.24, 2.45) is 11.7 Å². The van der Waals surface area contributed by atoms with Crippen LogP contribution in [0.15, 0.2) is 0 Å². The molecule has 4 heteroatoms. The van der Waals surface area contributed by atoms with Gasteiger partial charge in [0.2, 0.25) is 0 Å². The fraction of sp³-hybridized carbons (Fsp3) is 0.900. The summed E-state index contributed by atoms with van der Waals surface area (Å²) < 4.78 is 5.03. The molecule has 1 atom stereocenters. The van der Waals surface area contributed by atoms with Gasteiger partial charge in [-0.3, -0.25) is 4.79 Å². The number of amides is 1. The SMILES string of the molecule is CCN(CC1CC1)C(=O)C(CN)OC. The number of nitrogens with two attached hydrogens (primary N) is 1. The van der Waals surface area contributed by atoms with E-state index in [0.717, 1.165) is 13.1 Å². The molecule has 0 aromatic carbocycles. The van der Waals surface area contributed by atoms with Gasteiger partial charge in [-0.1, -0.05) is 0 Å². The van der Waals surface area contributed by atoms with Gasteiger partial charge in [0.1, 0.15) is 6.10 Å². The van der Waals surface area contributed by atoms with E-state index in [1.165, 1.54) is 20.0 Å². The van der Waals surface area contributed by atoms with Gasteiger partial charge in [-0.15, -0.1) is 0 Å². The molecule has 0 aromatic heterocycles. The van der Waals surface area contributed by atoms with Gasteiger partial charge in [-0.05, 0) is 25.7 Å². The topological polar surface area (TPSA) is 55.6 Å². The zero-order valence-electron chi connectivity index (χ0n) is 9.03. The van der Waals surface area contributed by atoms with Crippen LogP contribution in [0.1, 0.15) is 19.8 Å². The summed E-state index contributed by atoms with van der Waals surface area (Å²) in [5, 5.41) is 0. The van der Waals surface area contributed by atoms with Crippen LogP contribution < -0.4 is 5.73 Å². The van der Waals surface area contributed by atoms with Crippen LogP contribution in [0.25, 0.3) is 0 Å². The van der Waals surface area contributed by atoms with E-state index in [0.29, 0.717) is 5.92 Å². The van der Waals surface area contributed by atoms with Crippen molar-refractivity contribution in [1.29, 1.82) is 0 Å². The number of hydrogen-bond donors (Lipinski definition) is 1. The van der Waals surface area contributed by atoms with Crippen molar-refractivity contribution >= 4 is 5.91 Å². The van der Waals surface area contributed by atoms with Crippen molar-refractivity contribution in [2.75, 3.05) is 26.7 Å². The molecule has 1 rings (SSSR count). The van der Waals surface area contributed by atoms with Crippen molar-refractivity contribution in [3.05, 3.63) is 0 Å². The first-order valence-corrected chi connectivity index (χ1v) is 5.24. The summed E-state index contributed by atoms with van der Waals surface area (Å²) in [6, 6.07) is 0. The quantitative estimate of drug-likeness (QED) is 0.667. The third-order valence-corrected chi connectivity index (χ3v) is 2.64. The maximum atomic E-state index is 11.8. The maximum Gasteiger partial charge on any atom is 0.253 e. The summed E-state index contributed by atoms with van der Waals surface area (Å²) in [5.41, 5.74) is 5.45. The molecule has 1 unspecified atom stereocenters. The lowest BCUT2D eigenvalue weighted by molar-refractivity contribution is -0.141. The third-order valence-electron chi connectivity index (χ3n) is 2.64. The molecule has 0 aromatic rings. The molecule has 0 bridgehead atoms. The van der Waals surface area contributed by atoms with Crippen LogP contribution in [0.3, 0.4) is 0 Å². The Morgan fingerprint density at radius 3 is 2.64 bits per heavy atom. The zero-order chi connectivity index (χ0) is 10.6. The Kier molecular flexibility index (Phi) is 4.35. The molecule has 4 nitrogen and oxygen atoms in total. The number of carbonyl (C=O) groups is 1. The van der Waals surface area contributed by atoms with E-state index in [2.05, 4.69) is 0 Å². The fourth-order valence-corrected chi connectivity index (χ4v) is 1.49. The molecule has 1 aliphatic rings. The van der Waals surface area contributed by atoms with E-state index in [1.807, 2.05) is 11.8 Å². The van der Waals surface area contributed by atoms with E-state index in [4.69, 9.17) is 10.5 Å². The predicted molar refractivity (Wildman–Crippen MR) is 54.8 cm³/mol. The molecular formula is C10H20N2O2. The molecule has 0 spiro atoms. The standard InChI is InChI=1S/C10H20N2O2/c1-3-12(7-8-4-5-8)10(13)9(6-11)14-2/h8-9H,3-7,11H2,1-2H3. The predicted octanol–water partition coefficient (Wildman–Crippen LogP) is 0.219. The highest BCUT2D eigenvalue weighted by Crippen LogP contribution is 2.29. The Balaban J connectivity index is 2.43.